The lowest BCUT2D eigenvalue weighted by molar-refractivity contribution is 0.591. The van der Waals surface area contributed by atoms with Gasteiger partial charge in [-0.1, -0.05) is 133 Å². The van der Waals surface area contributed by atoms with E-state index in [0.29, 0.717) is 0 Å². The summed E-state index contributed by atoms with van der Waals surface area (Å²) in [4.78, 5) is 5.06. The van der Waals surface area contributed by atoms with Crippen molar-refractivity contribution in [3.05, 3.63) is 181 Å². The molecule has 0 aliphatic heterocycles. The van der Waals surface area contributed by atoms with Crippen molar-refractivity contribution in [2.45, 2.75) is 12.8 Å². The van der Waals surface area contributed by atoms with Gasteiger partial charge >= 0.3 is 0 Å². The molecule has 2 heterocycles. The Morgan fingerprint density at radius 2 is 1.20 bits per heavy atom. The number of para-hydroxylation sites is 3. The molecule has 2 aromatic heterocycles. The Hall–Kier alpha value is -6.02. The van der Waals surface area contributed by atoms with Gasteiger partial charge in [-0.2, -0.15) is 0 Å². The highest BCUT2D eigenvalue weighted by atomic mass is 31.2. The molecule has 0 radical (unpaired) electrons. The zero-order chi connectivity index (χ0) is 33.9. The molecule has 0 fully saturated rings. The van der Waals surface area contributed by atoms with E-state index in [1.807, 2.05) is 36.4 Å². The molecule has 1 aliphatic carbocycles. The maximum atomic E-state index is 15.1. The van der Waals surface area contributed by atoms with E-state index in [2.05, 4.69) is 144 Å². The first kappa shape index (κ1) is 29.9. The van der Waals surface area contributed by atoms with Gasteiger partial charge in [0, 0.05) is 26.7 Å². The lowest BCUT2D eigenvalue weighted by atomic mass is 9.96. The van der Waals surface area contributed by atoms with Crippen molar-refractivity contribution < 1.29 is 4.57 Å². The Labute approximate surface area is 296 Å². The van der Waals surface area contributed by atoms with E-state index >= 15 is 4.57 Å². The number of imidazole rings is 1. The molecule has 1 atom stereocenters. The summed E-state index contributed by atoms with van der Waals surface area (Å²) >= 11 is 0. The molecule has 0 spiro atoms. The number of pyridine rings is 1. The van der Waals surface area contributed by atoms with Gasteiger partial charge in [0.25, 0.3) is 0 Å². The van der Waals surface area contributed by atoms with E-state index in [1.54, 1.807) is 0 Å². The van der Waals surface area contributed by atoms with Crippen LogP contribution in [0.3, 0.4) is 0 Å². The van der Waals surface area contributed by atoms with Gasteiger partial charge in [0.1, 0.15) is 5.65 Å². The van der Waals surface area contributed by atoms with Crippen molar-refractivity contribution >= 4 is 66.9 Å². The molecule has 0 bridgehead atoms. The Kier molecular flexibility index (Phi) is 6.91. The first-order valence-electron chi connectivity index (χ1n) is 17.5. The van der Waals surface area contributed by atoms with Crippen molar-refractivity contribution in [1.29, 1.82) is 0 Å². The Morgan fingerprint density at radius 3 is 2.00 bits per heavy atom. The van der Waals surface area contributed by atoms with Gasteiger partial charge in [0.15, 0.2) is 7.14 Å². The zero-order valence-corrected chi connectivity index (χ0v) is 28.8. The molecule has 0 saturated heterocycles. The third-order valence-corrected chi connectivity index (χ3v) is 13.5. The number of allylic oxidation sites excluding steroid dienone is 4. The van der Waals surface area contributed by atoms with Crippen LogP contribution in [0.5, 0.6) is 0 Å². The number of hydrogen-bond donors (Lipinski definition) is 0. The highest BCUT2D eigenvalue weighted by Gasteiger charge is 2.31. The van der Waals surface area contributed by atoms with Crippen LogP contribution in [0.2, 0.25) is 0 Å². The van der Waals surface area contributed by atoms with Crippen LogP contribution in [0.4, 0.5) is 0 Å². The summed E-state index contributed by atoms with van der Waals surface area (Å²) < 4.78 is 17.4. The maximum absolute atomic E-state index is 15.1. The van der Waals surface area contributed by atoms with E-state index in [1.165, 1.54) is 21.9 Å². The predicted molar refractivity (Wildman–Crippen MR) is 216 cm³/mol. The van der Waals surface area contributed by atoms with Crippen molar-refractivity contribution in [2.75, 3.05) is 0 Å². The van der Waals surface area contributed by atoms with E-state index in [0.717, 1.165) is 78.2 Å². The fraction of sp³-hybridized carbons (Fsp3) is 0.0426. The van der Waals surface area contributed by atoms with E-state index in [9.17, 15) is 0 Å². The SMILES string of the molecule is O=P(C1=CCCC=C1)(c1ccccc1)c1ccc2ccc(-c3ccc(-c4ccc5c(c4)c4ccccc4n4c6ccccc6nc54)cc3)cc2c1. The smallest absolute Gasteiger partial charge is 0.170 e. The molecule has 51 heavy (non-hydrogen) atoms. The van der Waals surface area contributed by atoms with Crippen LogP contribution in [-0.2, 0) is 4.57 Å². The Morgan fingerprint density at radius 1 is 0.510 bits per heavy atom. The van der Waals surface area contributed by atoms with Gasteiger partial charge in [-0.15, -0.1) is 0 Å². The molecule has 10 rings (SSSR count). The Bertz CT molecular complexity index is 2940. The standard InChI is InChI=1S/C47H33N2OP/c50-51(38-11-3-1-4-12-38,39-13-5-2-6-14-39)40-27-25-34-23-24-35(29-37(34)30-40)32-19-21-33(22-20-32)36-26-28-42-43(31-36)41-15-7-9-17-45(41)49-46-18-10-8-16-44(46)48-47(42)49/h1,3-5,7-31H,2,6H2. The van der Waals surface area contributed by atoms with Gasteiger partial charge in [-0.05, 0) is 93.7 Å². The quantitative estimate of drug-likeness (QED) is 0.135. The van der Waals surface area contributed by atoms with E-state index in [-0.39, 0.29) is 0 Å². The monoisotopic (exact) mass is 672 g/mol. The highest BCUT2D eigenvalue weighted by molar-refractivity contribution is 7.82. The summed E-state index contributed by atoms with van der Waals surface area (Å²) in [5, 5.41) is 8.45. The second-order valence-electron chi connectivity index (χ2n) is 13.4. The lowest BCUT2D eigenvalue weighted by Gasteiger charge is -2.23. The molecule has 242 valence electrons. The third-order valence-electron chi connectivity index (χ3n) is 10.5. The molecule has 3 nitrogen and oxygen atoms in total. The van der Waals surface area contributed by atoms with Gasteiger partial charge in [0.2, 0.25) is 0 Å². The summed E-state index contributed by atoms with van der Waals surface area (Å²) in [5.41, 5.74) is 8.89. The summed E-state index contributed by atoms with van der Waals surface area (Å²) in [6.07, 6.45) is 8.28. The molecule has 1 unspecified atom stereocenters. The molecule has 0 N–H and O–H groups in total. The van der Waals surface area contributed by atoms with Crippen LogP contribution < -0.4 is 10.6 Å². The molecule has 9 aromatic rings. The van der Waals surface area contributed by atoms with Gasteiger partial charge in [-0.3, -0.25) is 4.40 Å². The van der Waals surface area contributed by atoms with Crippen LogP contribution in [0.1, 0.15) is 12.8 Å². The van der Waals surface area contributed by atoms with Gasteiger partial charge in [-0.25, -0.2) is 4.98 Å². The minimum Gasteiger partial charge on any atom is -0.309 e. The van der Waals surface area contributed by atoms with Crippen LogP contribution in [0.25, 0.3) is 71.4 Å². The molecule has 0 saturated carbocycles. The second-order valence-corrected chi connectivity index (χ2v) is 16.2. The normalized spacial score (nSPS) is 14.4. The number of aromatic nitrogens is 2. The van der Waals surface area contributed by atoms with Crippen molar-refractivity contribution in [2.24, 2.45) is 0 Å². The van der Waals surface area contributed by atoms with E-state index in [4.69, 9.17) is 4.98 Å². The van der Waals surface area contributed by atoms with Crippen LogP contribution >= 0.6 is 7.14 Å². The average Bonchev–Trinajstić information content (AvgIpc) is 3.61. The Balaban J connectivity index is 1.04. The minimum absolute atomic E-state index is 0.871. The van der Waals surface area contributed by atoms with Crippen LogP contribution in [0.15, 0.2) is 181 Å². The van der Waals surface area contributed by atoms with Crippen molar-refractivity contribution in [1.82, 2.24) is 9.38 Å². The third kappa shape index (κ3) is 4.81. The van der Waals surface area contributed by atoms with Gasteiger partial charge < -0.3 is 4.57 Å². The van der Waals surface area contributed by atoms with Gasteiger partial charge in [0.05, 0.1) is 16.6 Å². The largest absolute Gasteiger partial charge is 0.309 e. The van der Waals surface area contributed by atoms with Crippen LogP contribution in [0, 0.1) is 0 Å². The topological polar surface area (TPSA) is 34.4 Å². The average molecular weight is 673 g/mol. The maximum Gasteiger partial charge on any atom is 0.170 e. The zero-order valence-electron chi connectivity index (χ0n) is 27.9. The summed E-state index contributed by atoms with van der Waals surface area (Å²) in [5.74, 6) is 0. The summed E-state index contributed by atoms with van der Waals surface area (Å²) in [6.45, 7) is 0. The molecule has 0 amide bonds. The number of rotatable bonds is 5. The number of nitrogens with zero attached hydrogens (tertiary/aromatic N) is 2. The van der Waals surface area contributed by atoms with Crippen molar-refractivity contribution in [3.63, 3.8) is 0 Å². The fourth-order valence-electron chi connectivity index (χ4n) is 7.87. The van der Waals surface area contributed by atoms with Crippen molar-refractivity contribution in [3.8, 4) is 22.3 Å². The van der Waals surface area contributed by atoms with Crippen LogP contribution in [-0.4, -0.2) is 9.38 Å². The first-order chi connectivity index (χ1) is 25.1. The fourth-order valence-corrected chi connectivity index (χ4v) is 10.7. The predicted octanol–water partition coefficient (Wildman–Crippen LogP) is 11.8. The summed E-state index contributed by atoms with van der Waals surface area (Å²) in [6, 6.07) is 55.4. The lowest BCUT2D eigenvalue weighted by Crippen LogP contribution is -2.17. The molecule has 4 heteroatoms. The highest BCUT2D eigenvalue weighted by Crippen LogP contribution is 2.53. The first-order valence-corrected chi connectivity index (χ1v) is 19.3. The minimum atomic E-state index is -3.02. The summed E-state index contributed by atoms with van der Waals surface area (Å²) in [7, 11) is -3.02. The van der Waals surface area contributed by atoms with E-state index < -0.39 is 7.14 Å². The second kappa shape index (κ2) is 11.8. The number of benzene rings is 7. The molecular weight excluding hydrogens is 640 g/mol. The molecule has 1 aliphatic rings. The molecule has 7 aromatic carbocycles. The molecular formula is C47H33N2OP. The number of hydrogen-bond acceptors (Lipinski definition) is 2. The number of fused-ring (bicyclic) bond motifs is 9.